The van der Waals surface area contributed by atoms with Crippen molar-refractivity contribution in [1.82, 2.24) is 5.32 Å². The number of amides is 2. The molecule has 1 aliphatic carbocycles. The van der Waals surface area contributed by atoms with Gasteiger partial charge in [-0.05, 0) is 61.7 Å². The molecule has 2 amide bonds. The molecule has 0 radical (unpaired) electrons. The van der Waals surface area contributed by atoms with Gasteiger partial charge in [0.1, 0.15) is 5.75 Å². The second kappa shape index (κ2) is 8.44. The first kappa shape index (κ1) is 19.2. The van der Waals surface area contributed by atoms with Gasteiger partial charge in [-0.1, -0.05) is 30.2 Å². The number of halogens is 1. The maximum absolute atomic E-state index is 12.9. The predicted octanol–water partition coefficient (Wildman–Crippen LogP) is 3.92. The average Bonchev–Trinajstić information content (AvgIpc) is 2.62. The zero-order valence-corrected chi connectivity index (χ0v) is 16.0. The molecular formula is C21H23ClN2O3. The van der Waals surface area contributed by atoms with Crippen LogP contribution in [0.4, 0.5) is 5.69 Å². The summed E-state index contributed by atoms with van der Waals surface area (Å²) in [6.45, 7) is 2.40. The molecule has 6 heteroatoms. The molecule has 5 nitrogen and oxygen atoms in total. The molecule has 3 rings (SSSR count). The summed E-state index contributed by atoms with van der Waals surface area (Å²) in [5.41, 5.74) is 1.21. The standard InChI is InChI=1S/C21H23ClN2O3/c1-2-23-19(25)14-27-18-10-8-17(9-11-18)24-20(26)21(12-3-13-21)15-4-6-16(22)7-5-15/h4-11H,2-3,12-14H2,1H3,(H,23,25)(H,24,26). The number of nitrogens with one attached hydrogen (secondary N) is 2. The SMILES string of the molecule is CCNC(=O)COc1ccc(NC(=O)C2(c3ccc(Cl)cc3)CCC2)cc1. The zero-order chi connectivity index (χ0) is 19.3. The first-order valence-corrected chi connectivity index (χ1v) is 9.48. The fraction of sp³-hybridized carbons (Fsp3) is 0.333. The van der Waals surface area contributed by atoms with Crippen molar-refractivity contribution in [3.8, 4) is 5.75 Å². The minimum absolute atomic E-state index is 0.00735. The molecule has 1 saturated carbocycles. The van der Waals surface area contributed by atoms with Crippen LogP contribution in [0.5, 0.6) is 5.75 Å². The van der Waals surface area contributed by atoms with E-state index in [0.717, 1.165) is 24.8 Å². The highest BCUT2D eigenvalue weighted by Gasteiger charge is 2.45. The second-order valence-corrected chi connectivity index (χ2v) is 7.10. The van der Waals surface area contributed by atoms with Gasteiger partial charge >= 0.3 is 0 Å². The Morgan fingerprint density at radius 3 is 2.30 bits per heavy atom. The lowest BCUT2D eigenvalue weighted by molar-refractivity contribution is -0.124. The maximum Gasteiger partial charge on any atom is 0.257 e. The van der Waals surface area contributed by atoms with E-state index >= 15 is 0 Å². The molecule has 2 aromatic rings. The van der Waals surface area contributed by atoms with E-state index in [0.29, 0.717) is 23.0 Å². The Labute approximate surface area is 164 Å². The van der Waals surface area contributed by atoms with Gasteiger partial charge in [0.05, 0.1) is 5.41 Å². The molecule has 1 aliphatic rings. The van der Waals surface area contributed by atoms with Gasteiger partial charge in [0, 0.05) is 17.3 Å². The lowest BCUT2D eigenvalue weighted by Crippen LogP contribution is -2.45. The highest BCUT2D eigenvalue weighted by atomic mass is 35.5. The number of benzene rings is 2. The normalized spacial score (nSPS) is 14.7. The van der Waals surface area contributed by atoms with Gasteiger partial charge in [-0.3, -0.25) is 9.59 Å². The van der Waals surface area contributed by atoms with Gasteiger partial charge in [0.25, 0.3) is 5.91 Å². The molecule has 142 valence electrons. The van der Waals surface area contributed by atoms with Crippen molar-refractivity contribution in [1.29, 1.82) is 0 Å². The van der Waals surface area contributed by atoms with Gasteiger partial charge in [0.15, 0.2) is 6.61 Å². The Hall–Kier alpha value is -2.53. The molecule has 0 spiro atoms. The van der Waals surface area contributed by atoms with Crippen LogP contribution >= 0.6 is 11.6 Å². The van der Waals surface area contributed by atoms with Crippen LogP contribution in [0.3, 0.4) is 0 Å². The lowest BCUT2D eigenvalue weighted by atomic mass is 9.64. The van der Waals surface area contributed by atoms with E-state index in [1.54, 1.807) is 24.3 Å². The Morgan fingerprint density at radius 1 is 1.07 bits per heavy atom. The highest BCUT2D eigenvalue weighted by molar-refractivity contribution is 6.30. The largest absolute Gasteiger partial charge is 0.484 e. The van der Waals surface area contributed by atoms with Crippen molar-refractivity contribution in [2.75, 3.05) is 18.5 Å². The van der Waals surface area contributed by atoms with E-state index in [1.165, 1.54) is 0 Å². The molecule has 0 atom stereocenters. The topological polar surface area (TPSA) is 67.4 Å². The third-order valence-corrected chi connectivity index (χ3v) is 5.15. The molecule has 2 N–H and O–H groups in total. The van der Waals surface area contributed by atoms with Crippen LogP contribution in [0.2, 0.25) is 5.02 Å². The van der Waals surface area contributed by atoms with Crippen molar-refractivity contribution in [2.45, 2.75) is 31.6 Å². The third kappa shape index (κ3) is 4.42. The molecule has 0 bridgehead atoms. The van der Waals surface area contributed by atoms with Gasteiger partial charge in [-0.25, -0.2) is 0 Å². The number of hydrogen-bond acceptors (Lipinski definition) is 3. The molecule has 0 saturated heterocycles. The van der Waals surface area contributed by atoms with E-state index in [4.69, 9.17) is 16.3 Å². The molecule has 0 unspecified atom stereocenters. The summed E-state index contributed by atoms with van der Waals surface area (Å²) < 4.78 is 5.42. The quantitative estimate of drug-likeness (QED) is 0.758. The lowest BCUT2D eigenvalue weighted by Gasteiger charge is -2.40. The van der Waals surface area contributed by atoms with Gasteiger partial charge in [0.2, 0.25) is 5.91 Å². The molecule has 2 aromatic carbocycles. The molecule has 0 aliphatic heterocycles. The van der Waals surface area contributed by atoms with Crippen LogP contribution in [0.15, 0.2) is 48.5 Å². The van der Waals surface area contributed by atoms with Gasteiger partial charge < -0.3 is 15.4 Å². The Bertz CT molecular complexity index is 799. The van der Waals surface area contributed by atoms with E-state index in [1.807, 2.05) is 31.2 Å². The van der Waals surface area contributed by atoms with Crippen LogP contribution in [0, 0.1) is 0 Å². The van der Waals surface area contributed by atoms with E-state index in [-0.39, 0.29) is 18.4 Å². The van der Waals surface area contributed by atoms with E-state index in [9.17, 15) is 9.59 Å². The van der Waals surface area contributed by atoms with Crippen LogP contribution in [0.1, 0.15) is 31.7 Å². The Kier molecular flexibility index (Phi) is 6.01. The van der Waals surface area contributed by atoms with Gasteiger partial charge in [-0.15, -0.1) is 0 Å². The van der Waals surface area contributed by atoms with E-state index in [2.05, 4.69) is 10.6 Å². The maximum atomic E-state index is 12.9. The molecule has 0 heterocycles. The summed E-state index contributed by atoms with van der Waals surface area (Å²) in [6.07, 6.45) is 2.69. The summed E-state index contributed by atoms with van der Waals surface area (Å²) in [7, 11) is 0. The monoisotopic (exact) mass is 386 g/mol. The average molecular weight is 387 g/mol. The van der Waals surface area contributed by atoms with Crippen molar-refractivity contribution >= 4 is 29.1 Å². The zero-order valence-electron chi connectivity index (χ0n) is 15.3. The number of rotatable bonds is 7. The number of carbonyl (C=O) groups excluding carboxylic acids is 2. The molecular weight excluding hydrogens is 364 g/mol. The fourth-order valence-electron chi connectivity index (χ4n) is 3.23. The van der Waals surface area contributed by atoms with Crippen molar-refractivity contribution in [3.05, 3.63) is 59.1 Å². The smallest absolute Gasteiger partial charge is 0.257 e. The number of ether oxygens (including phenoxy) is 1. The number of anilines is 1. The number of carbonyl (C=O) groups is 2. The first-order valence-electron chi connectivity index (χ1n) is 9.10. The number of likely N-dealkylation sites (N-methyl/N-ethyl adjacent to an activating group) is 1. The van der Waals surface area contributed by atoms with Crippen molar-refractivity contribution < 1.29 is 14.3 Å². The highest BCUT2D eigenvalue weighted by Crippen LogP contribution is 2.44. The molecule has 1 fully saturated rings. The Balaban J connectivity index is 1.63. The molecule has 27 heavy (non-hydrogen) atoms. The minimum atomic E-state index is -0.488. The van der Waals surface area contributed by atoms with Crippen molar-refractivity contribution in [2.24, 2.45) is 0 Å². The van der Waals surface area contributed by atoms with Gasteiger partial charge in [-0.2, -0.15) is 0 Å². The number of hydrogen-bond donors (Lipinski definition) is 2. The summed E-state index contributed by atoms with van der Waals surface area (Å²) >= 11 is 5.97. The van der Waals surface area contributed by atoms with Crippen LogP contribution in [-0.2, 0) is 15.0 Å². The Morgan fingerprint density at radius 2 is 1.74 bits per heavy atom. The summed E-state index contributed by atoms with van der Waals surface area (Å²) in [5.74, 6) is 0.409. The van der Waals surface area contributed by atoms with Crippen molar-refractivity contribution in [3.63, 3.8) is 0 Å². The predicted molar refractivity (Wildman–Crippen MR) is 106 cm³/mol. The van der Waals surface area contributed by atoms with Crippen LogP contribution in [-0.4, -0.2) is 25.0 Å². The van der Waals surface area contributed by atoms with Crippen LogP contribution < -0.4 is 15.4 Å². The summed E-state index contributed by atoms with van der Waals surface area (Å²) in [6, 6.07) is 14.5. The van der Waals surface area contributed by atoms with Crippen LogP contribution in [0.25, 0.3) is 0 Å². The minimum Gasteiger partial charge on any atom is -0.484 e. The van der Waals surface area contributed by atoms with E-state index < -0.39 is 5.41 Å². The third-order valence-electron chi connectivity index (χ3n) is 4.89. The molecule has 0 aromatic heterocycles. The second-order valence-electron chi connectivity index (χ2n) is 6.66. The first-order chi connectivity index (χ1) is 13.0. The summed E-state index contributed by atoms with van der Waals surface area (Å²) in [4.78, 5) is 24.4. The fourth-order valence-corrected chi connectivity index (χ4v) is 3.35. The summed E-state index contributed by atoms with van der Waals surface area (Å²) in [5, 5.41) is 6.34.